The van der Waals surface area contributed by atoms with E-state index in [1.165, 1.54) is 0 Å². The Morgan fingerprint density at radius 1 is 1.47 bits per heavy atom. The van der Waals surface area contributed by atoms with Crippen molar-refractivity contribution in [1.82, 2.24) is 4.90 Å². The molecule has 1 aliphatic rings. The second kappa shape index (κ2) is 4.94. The number of nitrogen functional groups attached to an aromatic ring is 1. The number of likely N-dealkylation sites (N-methyl/N-ethyl adjacent to an activating group) is 1. The van der Waals surface area contributed by atoms with Crippen molar-refractivity contribution < 1.29 is 5.11 Å². The molecule has 2 atom stereocenters. The summed E-state index contributed by atoms with van der Waals surface area (Å²) in [5, 5.41) is 9.82. The quantitative estimate of drug-likeness (QED) is 0.760. The summed E-state index contributed by atoms with van der Waals surface area (Å²) in [5.74, 6) is 0. The lowest BCUT2D eigenvalue weighted by Crippen LogP contribution is -2.37. The second-order valence-corrected chi connectivity index (χ2v) is 5.05. The van der Waals surface area contributed by atoms with E-state index in [9.17, 15) is 5.11 Å². The zero-order valence-corrected chi connectivity index (χ0v) is 10.5. The van der Waals surface area contributed by atoms with Gasteiger partial charge in [-0.05, 0) is 38.7 Å². The van der Waals surface area contributed by atoms with Gasteiger partial charge in [0.2, 0.25) is 0 Å². The molecule has 94 valence electrons. The van der Waals surface area contributed by atoms with Gasteiger partial charge in [-0.2, -0.15) is 0 Å². The molecular formula is C13H21N3O. The number of benzene rings is 1. The number of anilines is 2. The van der Waals surface area contributed by atoms with Gasteiger partial charge in [-0.15, -0.1) is 0 Å². The lowest BCUT2D eigenvalue weighted by Gasteiger charge is -2.28. The van der Waals surface area contributed by atoms with Gasteiger partial charge in [0.1, 0.15) is 0 Å². The van der Waals surface area contributed by atoms with Crippen LogP contribution in [-0.2, 0) is 0 Å². The predicted molar refractivity (Wildman–Crippen MR) is 71.2 cm³/mol. The molecule has 0 bridgehead atoms. The molecule has 4 nitrogen and oxygen atoms in total. The molecule has 1 saturated heterocycles. The highest BCUT2D eigenvalue weighted by molar-refractivity contribution is 5.57. The van der Waals surface area contributed by atoms with Gasteiger partial charge in [0.25, 0.3) is 0 Å². The molecule has 4 heteroatoms. The van der Waals surface area contributed by atoms with Gasteiger partial charge in [-0.1, -0.05) is 6.07 Å². The zero-order valence-electron chi connectivity index (χ0n) is 10.5. The highest BCUT2D eigenvalue weighted by Gasteiger charge is 2.31. The van der Waals surface area contributed by atoms with E-state index in [0.29, 0.717) is 12.6 Å². The maximum atomic E-state index is 9.82. The normalized spacial score (nSPS) is 24.6. The molecule has 0 aliphatic carbocycles. The van der Waals surface area contributed by atoms with Crippen molar-refractivity contribution >= 4 is 11.4 Å². The summed E-state index contributed by atoms with van der Waals surface area (Å²) in [5.41, 5.74) is 7.68. The van der Waals surface area contributed by atoms with Gasteiger partial charge >= 0.3 is 0 Å². The van der Waals surface area contributed by atoms with E-state index in [4.69, 9.17) is 5.73 Å². The number of rotatable bonds is 3. The Labute approximate surface area is 103 Å². The van der Waals surface area contributed by atoms with Crippen LogP contribution in [0.4, 0.5) is 11.4 Å². The van der Waals surface area contributed by atoms with E-state index in [1.807, 2.05) is 18.2 Å². The fourth-order valence-electron chi connectivity index (χ4n) is 2.51. The second-order valence-electron chi connectivity index (χ2n) is 5.05. The van der Waals surface area contributed by atoms with Gasteiger partial charge < -0.3 is 20.6 Å². The summed E-state index contributed by atoms with van der Waals surface area (Å²) in [7, 11) is 4.12. The van der Waals surface area contributed by atoms with E-state index < -0.39 is 0 Å². The Balaban J connectivity index is 2.17. The lowest BCUT2D eigenvalue weighted by molar-refractivity contribution is 0.191. The minimum atomic E-state index is -0.235. The van der Waals surface area contributed by atoms with Crippen LogP contribution in [0.1, 0.15) is 6.42 Å². The molecule has 2 unspecified atom stereocenters. The van der Waals surface area contributed by atoms with Gasteiger partial charge in [0.05, 0.1) is 6.10 Å². The van der Waals surface area contributed by atoms with Crippen molar-refractivity contribution in [3.8, 4) is 0 Å². The number of nitrogens with two attached hydrogens (primary N) is 1. The number of nitrogens with zero attached hydrogens (tertiary/aromatic N) is 2. The minimum absolute atomic E-state index is 0.235. The molecule has 3 N–H and O–H groups in total. The first-order valence-electron chi connectivity index (χ1n) is 6.01. The van der Waals surface area contributed by atoms with Gasteiger partial charge in [-0.25, -0.2) is 0 Å². The molecule has 2 rings (SSSR count). The minimum Gasteiger partial charge on any atom is -0.399 e. The average molecular weight is 235 g/mol. The van der Waals surface area contributed by atoms with Crippen molar-refractivity contribution in [1.29, 1.82) is 0 Å². The smallest absolute Gasteiger partial charge is 0.0735 e. The van der Waals surface area contributed by atoms with Crippen molar-refractivity contribution in [2.75, 3.05) is 37.8 Å². The van der Waals surface area contributed by atoms with E-state index in [1.54, 1.807) is 0 Å². The molecule has 1 aromatic rings. The van der Waals surface area contributed by atoms with E-state index in [0.717, 1.165) is 24.3 Å². The summed E-state index contributed by atoms with van der Waals surface area (Å²) < 4.78 is 0. The van der Waals surface area contributed by atoms with Crippen LogP contribution in [0.5, 0.6) is 0 Å². The van der Waals surface area contributed by atoms with Crippen LogP contribution in [0, 0.1) is 0 Å². The molecule has 0 aromatic heterocycles. The Morgan fingerprint density at radius 2 is 2.24 bits per heavy atom. The van der Waals surface area contributed by atoms with Crippen LogP contribution >= 0.6 is 0 Å². The Bertz CT molecular complexity index is 381. The molecule has 1 aromatic carbocycles. The van der Waals surface area contributed by atoms with Crippen molar-refractivity contribution in [3.63, 3.8) is 0 Å². The van der Waals surface area contributed by atoms with Crippen LogP contribution < -0.4 is 10.6 Å². The third-order valence-electron chi connectivity index (χ3n) is 3.17. The highest BCUT2D eigenvalue weighted by atomic mass is 16.3. The topological polar surface area (TPSA) is 52.7 Å². The van der Waals surface area contributed by atoms with Crippen molar-refractivity contribution in [2.24, 2.45) is 0 Å². The van der Waals surface area contributed by atoms with Gasteiger partial charge in [0.15, 0.2) is 0 Å². The number of aliphatic hydroxyl groups is 1. The predicted octanol–water partition coefficient (Wildman–Crippen LogP) is 0.770. The van der Waals surface area contributed by atoms with Crippen LogP contribution in [0.25, 0.3) is 0 Å². The Morgan fingerprint density at radius 3 is 2.88 bits per heavy atom. The monoisotopic (exact) mass is 235 g/mol. The molecule has 0 amide bonds. The first kappa shape index (κ1) is 12.2. The van der Waals surface area contributed by atoms with Gasteiger partial charge in [0, 0.05) is 30.5 Å². The Kier molecular flexibility index (Phi) is 3.54. The summed E-state index contributed by atoms with van der Waals surface area (Å²) in [4.78, 5) is 4.41. The fourth-order valence-corrected chi connectivity index (χ4v) is 2.51. The summed E-state index contributed by atoms with van der Waals surface area (Å²) in [6.07, 6.45) is 0.592. The number of hydrogen-bond acceptors (Lipinski definition) is 4. The maximum absolute atomic E-state index is 9.82. The SMILES string of the molecule is CN(C)CC1CC(O)CN1c1cccc(N)c1. The van der Waals surface area contributed by atoms with Crippen LogP contribution in [-0.4, -0.2) is 49.3 Å². The van der Waals surface area contributed by atoms with Gasteiger partial charge in [-0.3, -0.25) is 0 Å². The maximum Gasteiger partial charge on any atom is 0.0735 e. The first-order chi connectivity index (χ1) is 8.06. The summed E-state index contributed by atoms with van der Waals surface area (Å²) in [6.45, 7) is 1.65. The third-order valence-corrected chi connectivity index (χ3v) is 3.17. The molecule has 17 heavy (non-hydrogen) atoms. The fraction of sp³-hybridized carbons (Fsp3) is 0.538. The summed E-state index contributed by atoms with van der Waals surface area (Å²) >= 11 is 0. The molecule has 1 heterocycles. The van der Waals surface area contributed by atoms with Crippen LogP contribution in [0.3, 0.4) is 0 Å². The van der Waals surface area contributed by atoms with E-state index >= 15 is 0 Å². The molecule has 1 aliphatic heterocycles. The van der Waals surface area contributed by atoms with Crippen LogP contribution in [0.15, 0.2) is 24.3 Å². The van der Waals surface area contributed by atoms with Crippen molar-refractivity contribution in [3.05, 3.63) is 24.3 Å². The molecular weight excluding hydrogens is 214 g/mol. The first-order valence-corrected chi connectivity index (χ1v) is 6.01. The number of aliphatic hydroxyl groups excluding tert-OH is 1. The number of hydrogen-bond donors (Lipinski definition) is 2. The van der Waals surface area contributed by atoms with Crippen molar-refractivity contribution in [2.45, 2.75) is 18.6 Å². The number of β-amino-alcohol motifs (C(OH)–C–C–N with tert-alkyl or cyclic N) is 1. The Hall–Kier alpha value is -1.26. The zero-order chi connectivity index (χ0) is 12.4. The molecule has 0 saturated carbocycles. The van der Waals surface area contributed by atoms with Crippen LogP contribution in [0.2, 0.25) is 0 Å². The highest BCUT2D eigenvalue weighted by Crippen LogP contribution is 2.27. The molecule has 0 radical (unpaired) electrons. The average Bonchev–Trinajstić information content (AvgIpc) is 2.58. The van der Waals surface area contributed by atoms with E-state index in [-0.39, 0.29) is 6.10 Å². The summed E-state index contributed by atoms with van der Waals surface area (Å²) in [6, 6.07) is 8.23. The molecule has 0 spiro atoms. The molecule has 1 fully saturated rings. The van der Waals surface area contributed by atoms with E-state index in [2.05, 4.69) is 30.0 Å². The largest absolute Gasteiger partial charge is 0.399 e. The lowest BCUT2D eigenvalue weighted by atomic mass is 10.2. The standard InChI is InChI=1S/C13H21N3O/c1-15(2)8-12-7-13(17)9-16(12)11-5-3-4-10(14)6-11/h3-6,12-13,17H,7-9,14H2,1-2H3. The third kappa shape index (κ3) is 2.90.